The molecular weight excluding hydrogens is 442 g/mol. The Hall–Kier alpha value is -4.00. The van der Waals surface area contributed by atoms with E-state index in [1.54, 1.807) is 18.2 Å². The number of hydrogen-bond acceptors (Lipinski definition) is 5. The molecule has 3 aromatic carbocycles. The summed E-state index contributed by atoms with van der Waals surface area (Å²) >= 11 is 0. The maximum atomic E-state index is 11.6. The minimum Gasteiger partial charge on any atom is -0.478 e. The van der Waals surface area contributed by atoms with Gasteiger partial charge < -0.3 is 10.4 Å². The van der Waals surface area contributed by atoms with E-state index in [2.05, 4.69) is 45.1 Å². The van der Waals surface area contributed by atoms with Gasteiger partial charge in [-0.05, 0) is 65.1 Å². The van der Waals surface area contributed by atoms with Crippen LogP contribution in [-0.2, 0) is 10.8 Å². The molecule has 0 unspecified atom stereocenters. The lowest BCUT2D eigenvalue weighted by atomic mass is 9.63. The summed E-state index contributed by atoms with van der Waals surface area (Å²) in [6, 6.07) is 15.5. The second-order valence-corrected chi connectivity index (χ2v) is 10.6. The molecule has 1 aliphatic heterocycles. The van der Waals surface area contributed by atoms with Crippen molar-refractivity contribution in [2.45, 2.75) is 51.4 Å². The number of non-ortho nitro benzene ring substituents is 1. The van der Waals surface area contributed by atoms with Crippen molar-refractivity contribution in [2.24, 2.45) is 4.99 Å². The third-order valence-corrected chi connectivity index (χ3v) is 7.35. The molecule has 178 valence electrons. The maximum absolute atomic E-state index is 11.6. The fourth-order valence-corrected chi connectivity index (χ4v) is 5.06. The van der Waals surface area contributed by atoms with E-state index >= 15 is 0 Å². The zero-order chi connectivity index (χ0) is 25.1. The van der Waals surface area contributed by atoms with Crippen LogP contribution >= 0.6 is 0 Å². The fraction of sp³-hybridized carbons (Fsp3) is 0.286. The van der Waals surface area contributed by atoms with Gasteiger partial charge in [0.15, 0.2) is 0 Å². The summed E-state index contributed by atoms with van der Waals surface area (Å²) in [5.41, 5.74) is 6.84. The van der Waals surface area contributed by atoms with E-state index < -0.39 is 10.9 Å². The number of carboxylic acid groups (broad SMARTS) is 1. The monoisotopic (exact) mass is 469 g/mol. The van der Waals surface area contributed by atoms with Crippen molar-refractivity contribution in [1.29, 1.82) is 0 Å². The van der Waals surface area contributed by atoms with Crippen LogP contribution in [0.4, 0.5) is 22.7 Å². The van der Waals surface area contributed by atoms with Gasteiger partial charge in [-0.1, -0.05) is 39.8 Å². The number of anilines is 2. The number of aromatic carboxylic acids is 1. The maximum Gasteiger partial charge on any atom is 0.335 e. The molecule has 35 heavy (non-hydrogen) atoms. The first kappa shape index (κ1) is 22.8. The number of benzene rings is 3. The largest absolute Gasteiger partial charge is 0.478 e. The van der Waals surface area contributed by atoms with Crippen molar-refractivity contribution < 1.29 is 14.8 Å². The van der Waals surface area contributed by atoms with Gasteiger partial charge in [0.2, 0.25) is 0 Å². The van der Waals surface area contributed by atoms with Gasteiger partial charge in [0.05, 0.1) is 27.6 Å². The molecule has 7 nitrogen and oxygen atoms in total. The summed E-state index contributed by atoms with van der Waals surface area (Å²) in [5, 5.41) is 24.3. The average molecular weight is 470 g/mol. The van der Waals surface area contributed by atoms with E-state index in [0.717, 1.165) is 24.2 Å². The van der Waals surface area contributed by atoms with E-state index in [1.807, 2.05) is 0 Å². The summed E-state index contributed by atoms with van der Waals surface area (Å²) in [7, 11) is 0. The lowest BCUT2D eigenvalue weighted by Crippen LogP contribution is -2.33. The minimum absolute atomic E-state index is 0.00333. The molecule has 2 aliphatic rings. The molecule has 0 saturated carbocycles. The Labute approximate surface area is 203 Å². The van der Waals surface area contributed by atoms with Crippen LogP contribution in [-0.4, -0.2) is 21.7 Å². The van der Waals surface area contributed by atoms with Crippen LogP contribution in [0.5, 0.6) is 0 Å². The molecule has 0 aromatic heterocycles. The standard InChI is InChI=1S/C28H27N3O4/c1-27(2)11-12-28(3,4)21-15-24-23(14-20(21)27)29-22-10-9-18(31(34)35)13-19(22)25(30-24)16-5-7-17(8-6-16)26(32)33/h5-10,13-15,29H,11-12H2,1-4H3,(H,32,33). The van der Waals surface area contributed by atoms with Crippen LogP contribution in [0, 0.1) is 10.1 Å². The van der Waals surface area contributed by atoms with Crippen molar-refractivity contribution in [2.75, 3.05) is 5.32 Å². The van der Waals surface area contributed by atoms with E-state index in [9.17, 15) is 20.0 Å². The lowest BCUT2D eigenvalue weighted by Gasteiger charge is -2.42. The quantitative estimate of drug-likeness (QED) is 0.252. The van der Waals surface area contributed by atoms with E-state index in [-0.39, 0.29) is 22.1 Å². The third kappa shape index (κ3) is 3.87. The second-order valence-electron chi connectivity index (χ2n) is 10.6. The van der Waals surface area contributed by atoms with Crippen molar-refractivity contribution >= 4 is 34.4 Å². The summed E-state index contributed by atoms with van der Waals surface area (Å²) in [4.78, 5) is 27.5. The normalized spacial score (nSPS) is 17.1. The average Bonchev–Trinajstić information content (AvgIpc) is 2.97. The number of nitro benzene ring substituents is 1. The number of hydrogen-bond donors (Lipinski definition) is 2. The Balaban J connectivity index is 1.77. The Morgan fingerprint density at radius 2 is 1.57 bits per heavy atom. The van der Waals surface area contributed by atoms with Crippen LogP contribution < -0.4 is 5.32 Å². The van der Waals surface area contributed by atoms with E-state index in [4.69, 9.17) is 4.99 Å². The Kier molecular flexibility index (Phi) is 5.05. The molecule has 0 atom stereocenters. The molecule has 0 radical (unpaired) electrons. The van der Waals surface area contributed by atoms with E-state index in [0.29, 0.717) is 22.5 Å². The number of carboxylic acids is 1. The minimum atomic E-state index is -1.01. The third-order valence-electron chi connectivity index (χ3n) is 7.35. The molecule has 5 rings (SSSR count). The number of nitrogens with zero attached hydrogens (tertiary/aromatic N) is 2. The van der Waals surface area contributed by atoms with Crippen molar-refractivity contribution in [1.82, 2.24) is 0 Å². The predicted molar refractivity (Wildman–Crippen MR) is 137 cm³/mol. The predicted octanol–water partition coefficient (Wildman–Crippen LogP) is 6.87. The Bertz CT molecular complexity index is 1420. The Morgan fingerprint density at radius 3 is 2.17 bits per heavy atom. The zero-order valence-corrected chi connectivity index (χ0v) is 20.2. The van der Waals surface area contributed by atoms with Crippen molar-refractivity contribution in [3.8, 4) is 0 Å². The number of rotatable bonds is 3. The van der Waals surface area contributed by atoms with Crippen LogP contribution in [0.15, 0.2) is 59.6 Å². The molecule has 1 heterocycles. The van der Waals surface area contributed by atoms with Gasteiger partial charge in [-0.2, -0.15) is 0 Å². The van der Waals surface area contributed by atoms with Crippen LogP contribution in [0.3, 0.4) is 0 Å². The topological polar surface area (TPSA) is 105 Å². The highest BCUT2D eigenvalue weighted by Crippen LogP contribution is 2.50. The molecule has 7 heteroatoms. The van der Waals surface area contributed by atoms with Crippen LogP contribution in [0.2, 0.25) is 0 Å². The molecule has 1 aliphatic carbocycles. The molecule has 0 amide bonds. The first-order valence-electron chi connectivity index (χ1n) is 11.6. The zero-order valence-electron chi connectivity index (χ0n) is 20.2. The Morgan fingerprint density at radius 1 is 0.943 bits per heavy atom. The van der Waals surface area contributed by atoms with Gasteiger partial charge in [-0.3, -0.25) is 10.1 Å². The molecule has 2 N–H and O–H groups in total. The molecule has 0 spiro atoms. The van der Waals surface area contributed by atoms with Gasteiger partial charge in [0.25, 0.3) is 5.69 Å². The van der Waals surface area contributed by atoms with Crippen LogP contribution in [0.1, 0.15) is 73.1 Å². The highest BCUT2D eigenvalue weighted by Gasteiger charge is 2.38. The number of nitrogens with one attached hydrogen (secondary N) is 1. The smallest absolute Gasteiger partial charge is 0.335 e. The van der Waals surface area contributed by atoms with Gasteiger partial charge in [0, 0.05) is 28.9 Å². The first-order valence-corrected chi connectivity index (χ1v) is 11.6. The molecule has 3 aromatic rings. The molecular formula is C28H27N3O4. The molecule has 0 bridgehead atoms. The summed E-state index contributed by atoms with van der Waals surface area (Å²) in [6.07, 6.45) is 2.15. The van der Waals surface area contributed by atoms with Crippen molar-refractivity contribution in [3.63, 3.8) is 0 Å². The van der Waals surface area contributed by atoms with E-state index in [1.165, 1.54) is 35.4 Å². The molecule has 0 saturated heterocycles. The number of carbonyl (C=O) groups is 1. The number of aliphatic imine (C=N–C) groups is 1. The van der Waals surface area contributed by atoms with Gasteiger partial charge in [-0.15, -0.1) is 0 Å². The highest BCUT2D eigenvalue weighted by molar-refractivity contribution is 6.19. The SMILES string of the molecule is CC1(C)CCC(C)(C)c2cc3c(cc21)N=C(c1ccc(C(=O)O)cc1)c1cc([N+](=O)[O-])ccc1N3. The second kappa shape index (κ2) is 7.77. The fourth-order valence-electron chi connectivity index (χ4n) is 5.06. The molecule has 0 fully saturated rings. The van der Waals surface area contributed by atoms with Gasteiger partial charge in [0.1, 0.15) is 0 Å². The van der Waals surface area contributed by atoms with Crippen molar-refractivity contribution in [3.05, 3.63) is 92.5 Å². The summed E-state index contributed by atoms with van der Waals surface area (Å²) < 4.78 is 0. The summed E-state index contributed by atoms with van der Waals surface area (Å²) in [5.74, 6) is -1.01. The lowest BCUT2D eigenvalue weighted by molar-refractivity contribution is -0.384. The van der Waals surface area contributed by atoms with Gasteiger partial charge >= 0.3 is 5.97 Å². The summed E-state index contributed by atoms with van der Waals surface area (Å²) in [6.45, 7) is 9.04. The van der Waals surface area contributed by atoms with Gasteiger partial charge in [-0.25, -0.2) is 9.79 Å². The first-order chi connectivity index (χ1) is 16.5. The highest BCUT2D eigenvalue weighted by atomic mass is 16.6. The van der Waals surface area contributed by atoms with Crippen LogP contribution in [0.25, 0.3) is 0 Å². The number of nitro groups is 1. The number of fused-ring (bicyclic) bond motifs is 3.